The van der Waals surface area contributed by atoms with Gasteiger partial charge in [0.15, 0.2) is 11.7 Å². The number of carbonyl (C=O) groups excluding carboxylic acids is 3. The molecule has 6 N–H and O–H groups in total. The van der Waals surface area contributed by atoms with E-state index in [0.717, 1.165) is 0 Å². The summed E-state index contributed by atoms with van der Waals surface area (Å²) in [4.78, 5) is 40.8. The van der Waals surface area contributed by atoms with E-state index in [1.54, 1.807) is 31.2 Å². The molecule has 0 fully saturated rings. The minimum Gasteiger partial charge on any atom is -0.413 e. The summed E-state index contributed by atoms with van der Waals surface area (Å²) >= 11 is 0. The van der Waals surface area contributed by atoms with E-state index in [4.69, 9.17) is 25.3 Å². The number of nitrogens with zero attached hydrogens (tertiary/aromatic N) is 2. The Labute approximate surface area is 237 Å². The fraction of sp³-hybridized carbons (Fsp3) is 0.185. The summed E-state index contributed by atoms with van der Waals surface area (Å²) in [6.07, 6.45) is -0.735. The number of benzene rings is 3. The fourth-order valence-corrected chi connectivity index (χ4v) is 5.00. The second kappa shape index (κ2) is 13.4. The van der Waals surface area contributed by atoms with Crippen molar-refractivity contribution in [3.05, 3.63) is 66.7 Å². The Bertz CT molecular complexity index is 1420. The molecule has 0 aromatic heterocycles. The summed E-state index contributed by atoms with van der Waals surface area (Å²) in [5.41, 5.74) is 12.2. The molecular weight excluding hydrogens is 551 g/mol. The van der Waals surface area contributed by atoms with Gasteiger partial charge < -0.3 is 40.8 Å². The molecule has 0 bridgehead atoms. The van der Waals surface area contributed by atoms with Crippen LogP contribution in [0.3, 0.4) is 0 Å². The molecule has 0 atom stereocenters. The van der Waals surface area contributed by atoms with Gasteiger partial charge in [-0.25, -0.2) is 14.4 Å². The van der Waals surface area contributed by atoms with Crippen molar-refractivity contribution in [1.82, 2.24) is 4.90 Å². The average Bonchev–Trinajstić information content (AvgIpc) is 2.89. The van der Waals surface area contributed by atoms with E-state index in [0.29, 0.717) is 17.9 Å². The maximum Gasteiger partial charge on any atom is 0.466 e. The Morgan fingerprint density at radius 2 is 1.34 bits per heavy atom. The van der Waals surface area contributed by atoms with E-state index >= 15 is 0 Å². The van der Waals surface area contributed by atoms with Crippen molar-refractivity contribution >= 4 is 53.8 Å². The van der Waals surface area contributed by atoms with Crippen molar-refractivity contribution in [1.29, 1.82) is 0 Å². The molecule has 3 aromatic rings. The van der Waals surface area contributed by atoms with E-state index in [-0.39, 0.29) is 46.0 Å². The quantitative estimate of drug-likeness (QED) is 0.156. The van der Waals surface area contributed by atoms with Crippen LogP contribution >= 0.6 is 7.60 Å². The molecule has 0 spiro atoms. The molecule has 3 rings (SSSR count). The normalized spacial score (nSPS) is 10.6. The van der Waals surface area contributed by atoms with Crippen molar-refractivity contribution in [2.45, 2.75) is 20.8 Å². The van der Waals surface area contributed by atoms with Gasteiger partial charge in [0, 0.05) is 44.9 Å². The topological polar surface area (TPSA) is 188 Å². The zero-order valence-corrected chi connectivity index (χ0v) is 23.8. The van der Waals surface area contributed by atoms with Gasteiger partial charge in [0.1, 0.15) is 16.8 Å². The fourth-order valence-electron chi connectivity index (χ4n) is 3.33. The molecule has 14 heteroatoms. The van der Waals surface area contributed by atoms with Gasteiger partial charge in [-0.05, 0) is 67.6 Å². The average molecular weight is 583 g/mol. The Morgan fingerprint density at radius 1 is 0.854 bits per heavy atom. The highest BCUT2D eigenvalue weighted by molar-refractivity contribution is 7.63. The number of anilines is 2. The summed E-state index contributed by atoms with van der Waals surface area (Å²) in [6.45, 7) is 4.83. The van der Waals surface area contributed by atoms with E-state index in [2.05, 4.69) is 15.6 Å². The third-order valence-corrected chi connectivity index (χ3v) is 7.14. The molecule has 41 heavy (non-hydrogen) atoms. The predicted octanol–water partition coefficient (Wildman–Crippen LogP) is 3.94. The minimum absolute atomic E-state index is 0.0956. The molecule has 216 valence electrons. The van der Waals surface area contributed by atoms with Crippen LogP contribution in [0.25, 0.3) is 0 Å². The van der Waals surface area contributed by atoms with Crippen LogP contribution in [0, 0.1) is 0 Å². The van der Waals surface area contributed by atoms with Crippen molar-refractivity contribution < 1.29 is 32.7 Å². The molecule has 3 amide bonds. The molecule has 0 radical (unpaired) electrons. The highest BCUT2D eigenvalue weighted by atomic mass is 31.2. The van der Waals surface area contributed by atoms with Gasteiger partial charge in [-0.3, -0.25) is 9.59 Å². The molecule has 13 nitrogen and oxygen atoms in total. The van der Waals surface area contributed by atoms with Gasteiger partial charge in [-0.15, -0.1) is 0 Å². The van der Waals surface area contributed by atoms with E-state index < -0.39 is 13.7 Å². The SMILES string of the molecule is CCN(C)C(=O)Oc1cc(N=C(N)N)ccc1P(=O)(Oc1ccc(NC(C)=O)cc1)Oc1ccc(NC(C)=O)cc1. The van der Waals surface area contributed by atoms with E-state index in [9.17, 15) is 18.9 Å². The predicted molar refractivity (Wildman–Crippen MR) is 156 cm³/mol. The van der Waals surface area contributed by atoms with Crippen molar-refractivity contribution in [3.63, 3.8) is 0 Å². The Balaban J connectivity index is 2.11. The third kappa shape index (κ3) is 8.73. The zero-order chi connectivity index (χ0) is 30.2. The Hall–Kier alpha value is -5.03. The first kappa shape index (κ1) is 30.5. The summed E-state index contributed by atoms with van der Waals surface area (Å²) in [6, 6.07) is 16.3. The zero-order valence-electron chi connectivity index (χ0n) is 22.9. The second-order valence-corrected chi connectivity index (χ2v) is 10.5. The van der Waals surface area contributed by atoms with Crippen LogP contribution in [0.15, 0.2) is 71.7 Å². The number of ether oxygens (including phenoxy) is 1. The summed E-state index contributed by atoms with van der Waals surface area (Å²) in [5, 5.41) is 5.17. The molecular formula is C27H31N6O7P. The summed E-state index contributed by atoms with van der Waals surface area (Å²) < 4.78 is 32.0. The smallest absolute Gasteiger partial charge is 0.413 e. The number of amides is 3. The number of guanidine groups is 1. The number of hydrogen-bond acceptors (Lipinski definition) is 8. The van der Waals surface area contributed by atoms with Crippen molar-refractivity contribution in [2.24, 2.45) is 16.5 Å². The van der Waals surface area contributed by atoms with Crippen LogP contribution in [-0.4, -0.2) is 42.4 Å². The lowest BCUT2D eigenvalue weighted by Crippen LogP contribution is -2.31. The standard InChI is InChI=1S/C27H31N6O7P/c1-5-33(4)27(36)38-24-16-21(32-26(28)29)10-15-25(24)41(37,39-22-11-6-19(7-12-22)30-17(2)34)40-23-13-8-20(9-14-23)31-18(3)35/h6-16H,5H2,1-4H3,(H,30,34)(H,31,35)(H4,28,29,32). The van der Waals surface area contributed by atoms with Gasteiger partial charge in [0.25, 0.3) is 0 Å². The largest absolute Gasteiger partial charge is 0.466 e. The van der Waals surface area contributed by atoms with Crippen molar-refractivity contribution in [2.75, 3.05) is 24.2 Å². The van der Waals surface area contributed by atoms with Crippen LogP contribution < -0.4 is 41.2 Å². The molecule has 3 aromatic carbocycles. The third-order valence-electron chi connectivity index (χ3n) is 5.28. The Morgan fingerprint density at radius 3 is 1.76 bits per heavy atom. The maximum absolute atomic E-state index is 14.6. The van der Waals surface area contributed by atoms with Crippen LogP contribution in [0.1, 0.15) is 20.8 Å². The molecule has 0 heterocycles. The molecule has 0 aliphatic heterocycles. The highest BCUT2D eigenvalue weighted by Crippen LogP contribution is 2.50. The number of nitrogens with one attached hydrogen (secondary N) is 2. The maximum atomic E-state index is 14.6. The lowest BCUT2D eigenvalue weighted by atomic mass is 10.3. The van der Waals surface area contributed by atoms with Gasteiger partial charge >= 0.3 is 13.7 Å². The lowest BCUT2D eigenvalue weighted by molar-refractivity contribution is -0.115. The summed E-state index contributed by atoms with van der Waals surface area (Å²) in [7, 11) is -2.84. The molecule has 0 aliphatic carbocycles. The van der Waals surface area contributed by atoms with Crippen LogP contribution in [-0.2, 0) is 14.2 Å². The summed E-state index contributed by atoms with van der Waals surface area (Å²) in [5.74, 6) is -0.664. The molecule has 0 aliphatic rings. The first-order valence-corrected chi connectivity index (χ1v) is 13.8. The monoisotopic (exact) mass is 582 g/mol. The molecule has 0 saturated heterocycles. The molecule has 0 unspecified atom stereocenters. The van der Waals surface area contributed by atoms with E-state index in [1.807, 2.05) is 0 Å². The number of hydrogen-bond donors (Lipinski definition) is 4. The minimum atomic E-state index is -4.37. The highest BCUT2D eigenvalue weighted by Gasteiger charge is 2.36. The first-order chi connectivity index (χ1) is 19.4. The molecule has 0 saturated carbocycles. The van der Waals surface area contributed by atoms with Gasteiger partial charge in [0.05, 0.1) is 5.69 Å². The second-order valence-electron chi connectivity index (χ2n) is 8.66. The lowest BCUT2D eigenvalue weighted by Gasteiger charge is -2.23. The number of rotatable bonds is 10. The van der Waals surface area contributed by atoms with Gasteiger partial charge in [-0.2, -0.15) is 0 Å². The van der Waals surface area contributed by atoms with Crippen LogP contribution in [0.2, 0.25) is 0 Å². The van der Waals surface area contributed by atoms with Crippen LogP contribution in [0.5, 0.6) is 17.2 Å². The number of nitrogens with two attached hydrogens (primary N) is 2. The number of carbonyl (C=O) groups is 3. The van der Waals surface area contributed by atoms with E-state index in [1.165, 1.54) is 68.3 Å². The first-order valence-electron chi connectivity index (χ1n) is 12.3. The number of aliphatic imine (C=N–C) groups is 1. The Kier molecular flexibility index (Phi) is 9.94. The van der Waals surface area contributed by atoms with Crippen molar-refractivity contribution in [3.8, 4) is 17.2 Å². The van der Waals surface area contributed by atoms with Crippen LogP contribution in [0.4, 0.5) is 21.9 Å². The van der Waals surface area contributed by atoms with Gasteiger partial charge in [-0.1, -0.05) is 0 Å². The van der Waals surface area contributed by atoms with Gasteiger partial charge in [0.2, 0.25) is 11.8 Å².